The van der Waals surface area contributed by atoms with Crippen molar-refractivity contribution in [1.82, 2.24) is 15.3 Å². The van der Waals surface area contributed by atoms with Crippen molar-refractivity contribution in [3.8, 4) is 0 Å². The van der Waals surface area contributed by atoms with Crippen LogP contribution in [0.15, 0.2) is 12.3 Å². The molecule has 1 aromatic rings. The number of aromatic nitrogens is 2. The molecule has 1 aromatic heterocycles. The number of hydrogen-bond acceptors (Lipinski definition) is 7. The largest absolute Gasteiger partial charge is 0.350 e. The fourth-order valence-electron chi connectivity index (χ4n) is 2.98. The van der Waals surface area contributed by atoms with E-state index in [2.05, 4.69) is 20.2 Å². The molecule has 8 heteroatoms. The van der Waals surface area contributed by atoms with Gasteiger partial charge in [-0.15, -0.1) is 0 Å². The summed E-state index contributed by atoms with van der Waals surface area (Å²) in [6.45, 7) is 4.41. The summed E-state index contributed by atoms with van der Waals surface area (Å²) in [5.74, 6) is 1.91. The van der Waals surface area contributed by atoms with Crippen LogP contribution in [0.1, 0.15) is 6.92 Å². The number of hydrogen-bond donors (Lipinski definition) is 1. The maximum absolute atomic E-state index is 11.9. The number of sulfone groups is 1. The highest BCUT2D eigenvalue weighted by atomic mass is 32.2. The highest BCUT2D eigenvalue weighted by Crippen LogP contribution is 2.26. The van der Waals surface area contributed by atoms with E-state index < -0.39 is 9.84 Å². The Labute approximate surface area is 125 Å². The Kier molecular flexibility index (Phi) is 3.75. The number of nitrogens with zero attached hydrogens (tertiary/aromatic N) is 4. The summed E-state index contributed by atoms with van der Waals surface area (Å²) >= 11 is 0. The minimum atomic E-state index is -2.96. The third-order valence-corrected chi connectivity index (χ3v) is 5.94. The van der Waals surface area contributed by atoms with E-state index >= 15 is 0 Å². The van der Waals surface area contributed by atoms with Gasteiger partial charge in [-0.1, -0.05) is 0 Å². The Morgan fingerprint density at radius 1 is 1.48 bits per heavy atom. The van der Waals surface area contributed by atoms with Crippen molar-refractivity contribution >= 4 is 21.6 Å². The first-order chi connectivity index (χ1) is 10.00. The molecule has 0 saturated carbocycles. The van der Waals surface area contributed by atoms with E-state index in [0.717, 1.165) is 25.5 Å². The van der Waals surface area contributed by atoms with Crippen molar-refractivity contribution in [3.05, 3.63) is 12.3 Å². The van der Waals surface area contributed by atoms with Crippen LogP contribution in [-0.4, -0.2) is 68.7 Å². The first-order valence-electron chi connectivity index (χ1n) is 7.25. The third kappa shape index (κ3) is 2.82. The fraction of sp³-hybridized carbons (Fsp3) is 0.692. The quantitative estimate of drug-likeness (QED) is 0.807. The first-order valence-corrected chi connectivity index (χ1v) is 9.07. The molecule has 2 saturated heterocycles. The summed E-state index contributed by atoms with van der Waals surface area (Å²) in [4.78, 5) is 12.9. The van der Waals surface area contributed by atoms with Gasteiger partial charge in [0, 0.05) is 38.9 Å². The van der Waals surface area contributed by atoms with Gasteiger partial charge in [-0.05, 0) is 13.0 Å². The Morgan fingerprint density at radius 3 is 3.05 bits per heavy atom. The Morgan fingerprint density at radius 2 is 2.29 bits per heavy atom. The second-order valence-corrected chi connectivity index (χ2v) is 7.78. The van der Waals surface area contributed by atoms with E-state index in [1.165, 1.54) is 0 Å². The van der Waals surface area contributed by atoms with Crippen LogP contribution in [0.2, 0.25) is 0 Å². The molecule has 1 N–H and O–H groups in total. The van der Waals surface area contributed by atoms with E-state index in [9.17, 15) is 8.42 Å². The van der Waals surface area contributed by atoms with Gasteiger partial charge in [0.1, 0.15) is 5.82 Å². The smallest absolute Gasteiger partial charge is 0.226 e. The lowest BCUT2D eigenvalue weighted by Crippen LogP contribution is -2.57. The standard InChI is InChI=1S/C13H21N5O2S/c1-3-17(2)13-15-5-4-12(16-13)18-7-6-14-10-8-21(19,20)9-11(10)18/h4-5,10-11,14H,3,6-9H2,1-2H3/t10-,11+/m0/s1. The monoisotopic (exact) mass is 311 g/mol. The first kappa shape index (κ1) is 14.5. The summed E-state index contributed by atoms with van der Waals surface area (Å²) in [7, 11) is -1.01. The molecule has 2 aliphatic heterocycles. The summed E-state index contributed by atoms with van der Waals surface area (Å²) < 4.78 is 23.8. The normalized spacial score (nSPS) is 27.4. The van der Waals surface area contributed by atoms with E-state index in [-0.39, 0.29) is 23.6 Å². The summed E-state index contributed by atoms with van der Waals surface area (Å²) in [6.07, 6.45) is 1.74. The molecule has 0 unspecified atom stereocenters. The molecule has 2 fully saturated rings. The lowest BCUT2D eigenvalue weighted by Gasteiger charge is -2.38. The van der Waals surface area contributed by atoms with Gasteiger partial charge in [-0.25, -0.2) is 13.4 Å². The Bertz CT molecular complexity index is 621. The molecule has 0 amide bonds. The van der Waals surface area contributed by atoms with E-state index in [1.807, 2.05) is 24.9 Å². The van der Waals surface area contributed by atoms with Crippen LogP contribution in [0.5, 0.6) is 0 Å². The molecule has 116 valence electrons. The third-order valence-electron chi connectivity index (χ3n) is 4.22. The van der Waals surface area contributed by atoms with Gasteiger partial charge in [-0.3, -0.25) is 0 Å². The molecule has 7 nitrogen and oxygen atoms in total. The molecule has 3 heterocycles. The molecule has 0 spiro atoms. The number of rotatable bonds is 3. The van der Waals surface area contributed by atoms with Crippen molar-refractivity contribution in [3.63, 3.8) is 0 Å². The fourth-order valence-corrected chi connectivity index (χ4v) is 4.93. The van der Waals surface area contributed by atoms with Gasteiger partial charge in [0.05, 0.1) is 17.5 Å². The van der Waals surface area contributed by atoms with Crippen molar-refractivity contribution < 1.29 is 8.42 Å². The van der Waals surface area contributed by atoms with E-state index in [0.29, 0.717) is 5.95 Å². The van der Waals surface area contributed by atoms with Crippen molar-refractivity contribution in [2.75, 3.05) is 48.0 Å². The summed E-state index contributed by atoms with van der Waals surface area (Å²) in [5, 5.41) is 3.31. The maximum Gasteiger partial charge on any atom is 0.226 e. The molecular formula is C13H21N5O2S. The molecule has 0 bridgehead atoms. The zero-order valence-electron chi connectivity index (χ0n) is 12.4. The van der Waals surface area contributed by atoms with Crippen LogP contribution < -0.4 is 15.1 Å². The van der Waals surface area contributed by atoms with E-state index in [4.69, 9.17) is 0 Å². The molecule has 2 aliphatic rings. The van der Waals surface area contributed by atoms with E-state index in [1.54, 1.807) is 6.20 Å². The topological polar surface area (TPSA) is 78.4 Å². The summed E-state index contributed by atoms with van der Waals surface area (Å²) in [5.41, 5.74) is 0. The molecule has 3 rings (SSSR count). The zero-order chi connectivity index (χ0) is 15.0. The van der Waals surface area contributed by atoms with Gasteiger partial charge in [0.2, 0.25) is 5.95 Å². The van der Waals surface area contributed by atoms with Crippen LogP contribution in [-0.2, 0) is 9.84 Å². The van der Waals surface area contributed by atoms with Crippen LogP contribution in [0.25, 0.3) is 0 Å². The lowest BCUT2D eigenvalue weighted by molar-refractivity contribution is 0.422. The summed E-state index contributed by atoms with van der Waals surface area (Å²) in [6, 6.07) is 1.84. The van der Waals surface area contributed by atoms with Crippen LogP contribution in [0.4, 0.5) is 11.8 Å². The molecule has 0 radical (unpaired) electrons. The average Bonchev–Trinajstić information content (AvgIpc) is 2.80. The van der Waals surface area contributed by atoms with Crippen molar-refractivity contribution in [2.45, 2.75) is 19.0 Å². The number of anilines is 2. The Balaban J connectivity index is 1.89. The molecule has 0 aliphatic carbocycles. The minimum Gasteiger partial charge on any atom is -0.350 e. The van der Waals surface area contributed by atoms with Crippen molar-refractivity contribution in [1.29, 1.82) is 0 Å². The number of fused-ring (bicyclic) bond motifs is 1. The second-order valence-electron chi connectivity index (χ2n) is 5.63. The maximum atomic E-state index is 11.9. The van der Waals surface area contributed by atoms with Crippen LogP contribution in [0.3, 0.4) is 0 Å². The molecule has 0 aromatic carbocycles. The number of piperazine rings is 1. The SMILES string of the molecule is CCN(C)c1nccc(N2CCN[C@H]3CS(=O)(=O)C[C@H]32)n1. The van der Waals surface area contributed by atoms with Gasteiger partial charge in [0.15, 0.2) is 9.84 Å². The van der Waals surface area contributed by atoms with Gasteiger partial charge in [0.25, 0.3) is 0 Å². The second kappa shape index (κ2) is 5.42. The zero-order valence-corrected chi connectivity index (χ0v) is 13.2. The van der Waals surface area contributed by atoms with Crippen LogP contribution >= 0.6 is 0 Å². The highest BCUT2D eigenvalue weighted by molar-refractivity contribution is 7.91. The van der Waals surface area contributed by atoms with Crippen LogP contribution in [0, 0.1) is 0 Å². The predicted octanol–water partition coefficient (Wildman–Crippen LogP) is -0.492. The van der Waals surface area contributed by atoms with Gasteiger partial charge < -0.3 is 15.1 Å². The lowest BCUT2D eigenvalue weighted by atomic mass is 10.1. The van der Waals surface area contributed by atoms with Crippen molar-refractivity contribution in [2.24, 2.45) is 0 Å². The molecular weight excluding hydrogens is 290 g/mol. The highest BCUT2D eigenvalue weighted by Gasteiger charge is 2.43. The minimum absolute atomic E-state index is 0.00562. The molecule has 21 heavy (non-hydrogen) atoms. The predicted molar refractivity (Wildman–Crippen MR) is 82.6 cm³/mol. The molecule has 2 atom stereocenters. The van der Waals surface area contributed by atoms with Gasteiger partial charge >= 0.3 is 0 Å². The average molecular weight is 311 g/mol. The Hall–Kier alpha value is -1.41. The van der Waals surface area contributed by atoms with Gasteiger partial charge in [-0.2, -0.15) is 4.98 Å². The number of nitrogens with one attached hydrogen (secondary N) is 1.